The number of carbonyl (C=O) groups is 2. The highest BCUT2D eigenvalue weighted by Crippen LogP contribution is 2.25. The number of benzene rings is 1. The molecule has 2 aromatic rings. The molecule has 2 amide bonds. The Morgan fingerprint density at radius 3 is 2.59 bits per heavy atom. The summed E-state index contributed by atoms with van der Waals surface area (Å²) in [7, 11) is 1.85. The van der Waals surface area contributed by atoms with E-state index in [1.54, 1.807) is 17.0 Å². The first-order valence-corrected chi connectivity index (χ1v) is 9.54. The molecule has 144 valence electrons. The lowest BCUT2D eigenvalue weighted by molar-refractivity contribution is 0.0795. The molecular weight excluding hydrogens is 342 g/mol. The number of nitrogens with zero attached hydrogens (tertiary/aromatic N) is 2. The normalized spacial score (nSPS) is 14.8. The van der Waals surface area contributed by atoms with Crippen molar-refractivity contribution in [2.24, 2.45) is 0 Å². The first-order chi connectivity index (χ1) is 13.1. The van der Waals surface area contributed by atoms with Crippen LogP contribution in [0.25, 0.3) is 0 Å². The Morgan fingerprint density at radius 2 is 1.93 bits per heavy atom. The van der Waals surface area contributed by atoms with Crippen molar-refractivity contribution >= 4 is 17.5 Å². The van der Waals surface area contributed by atoms with Gasteiger partial charge in [-0.15, -0.1) is 0 Å². The van der Waals surface area contributed by atoms with Crippen LogP contribution in [0.3, 0.4) is 0 Å². The summed E-state index contributed by atoms with van der Waals surface area (Å²) < 4.78 is 5.15. The summed E-state index contributed by atoms with van der Waals surface area (Å²) in [6.07, 6.45) is 4.10. The standard InChI is InChI=1S/C21H27N3O3/c1-3-12-23(2)21(26)17-7-4-5-8-18(17)24-13-10-16(11-14-24)22-20(25)19-9-6-15-27-19/h4-9,15-16H,3,10-14H2,1-2H3,(H,22,25). The number of hydrogen-bond donors (Lipinski definition) is 1. The number of carbonyl (C=O) groups excluding carboxylic acids is 2. The van der Waals surface area contributed by atoms with Crippen LogP contribution in [0.1, 0.15) is 47.1 Å². The summed E-state index contributed by atoms with van der Waals surface area (Å²) in [6, 6.07) is 11.3. The van der Waals surface area contributed by atoms with E-state index in [2.05, 4.69) is 17.1 Å². The third kappa shape index (κ3) is 4.51. The van der Waals surface area contributed by atoms with Crippen LogP contribution < -0.4 is 10.2 Å². The van der Waals surface area contributed by atoms with Gasteiger partial charge in [0.25, 0.3) is 11.8 Å². The van der Waals surface area contributed by atoms with Gasteiger partial charge in [0, 0.05) is 38.4 Å². The lowest BCUT2D eigenvalue weighted by Gasteiger charge is -2.35. The molecule has 1 aromatic heterocycles. The lowest BCUT2D eigenvalue weighted by atomic mass is 10.0. The molecule has 0 saturated carbocycles. The quantitative estimate of drug-likeness (QED) is 0.849. The van der Waals surface area contributed by atoms with E-state index in [1.165, 1.54) is 6.26 Å². The number of hydrogen-bond acceptors (Lipinski definition) is 4. The number of para-hydroxylation sites is 1. The zero-order valence-corrected chi connectivity index (χ0v) is 16.0. The second-order valence-electron chi connectivity index (χ2n) is 6.96. The molecule has 0 atom stereocenters. The molecule has 0 unspecified atom stereocenters. The molecule has 0 radical (unpaired) electrons. The summed E-state index contributed by atoms with van der Waals surface area (Å²) in [5.41, 5.74) is 1.72. The second-order valence-corrected chi connectivity index (χ2v) is 6.96. The van der Waals surface area contributed by atoms with E-state index in [0.29, 0.717) is 5.76 Å². The molecule has 0 bridgehead atoms. The Balaban J connectivity index is 1.63. The molecule has 6 heteroatoms. The van der Waals surface area contributed by atoms with E-state index in [9.17, 15) is 9.59 Å². The largest absolute Gasteiger partial charge is 0.459 e. The lowest BCUT2D eigenvalue weighted by Crippen LogP contribution is -2.45. The second kappa shape index (κ2) is 8.75. The van der Waals surface area contributed by atoms with Crippen LogP contribution in [0.5, 0.6) is 0 Å². The van der Waals surface area contributed by atoms with Gasteiger partial charge in [0.05, 0.1) is 11.8 Å². The van der Waals surface area contributed by atoms with Crippen molar-refractivity contribution < 1.29 is 14.0 Å². The van der Waals surface area contributed by atoms with Gasteiger partial charge in [-0.3, -0.25) is 9.59 Å². The van der Waals surface area contributed by atoms with Gasteiger partial charge in [-0.25, -0.2) is 0 Å². The van der Waals surface area contributed by atoms with Gasteiger partial charge in [0.15, 0.2) is 5.76 Å². The van der Waals surface area contributed by atoms with Crippen LogP contribution in [0.15, 0.2) is 47.1 Å². The summed E-state index contributed by atoms with van der Waals surface area (Å²) in [5.74, 6) is 0.225. The van der Waals surface area contributed by atoms with Crippen molar-refractivity contribution in [2.75, 3.05) is 31.6 Å². The van der Waals surface area contributed by atoms with E-state index < -0.39 is 0 Å². The Labute approximate surface area is 160 Å². The summed E-state index contributed by atoms with van der Waals surface area (Å²) in [5, 5.41) is 3.03. The fraction of sp³-hybridized carbons (Fsp3) is 0.429. The van der Waals surface area contributed by atoms with E-state index >= 15 is 0 Å². The van der Waals surface area contributed by atoms with E-state index in [4.69, 9.17) is 4.42 Å². The molecule has 1 N–H and O–H groups in total. The van der Waals surface area contributed by atoms with Gasteiger partial charge in [-0.05, 0) is 43.5 Å². The molecule has 1 aromatic carbocycles. The summed E-state index contributed by atoms with van der Waals surface area (Å²) >= 11 is 0. The molecule has 1 aliphatic rings. The highest BCUT2D eigenvalue weighted by molar-refractivity contribution is 5.99. The van der Waals surface area contributed by atoms with Crippen LogP contribution in [-0.4, -0.2) is 49.4 Å². The highest BCUT2D eigenvalue weighted by atomic mass is 16.3. The molecule has 6 nitrogen and oxygen atoms in total. The Morgan fingerprint density at radius 1 is 1.19 bits per heavy atom. The highest BCUT2D eigenvalue weighted by Gasteiger charge is 2.25. The van der Waals surface area contributed by atoms with Crippen LogP contribution in [0.4, 0.5) is 5.69 Å². The first-order valence-electron chi connectivity index (χ1n) is 9.54. The van der Waals surface area contributed by atoms with Gasteiger partial charge in [-0.2, -0.15) is 0 Å². The van der Waals surface area contributed by atoms with E-state index in [-0.39, 0.29) is 17.9 Å². The van der Waals surface area contributed by atoms with Crippen LogP contribution in [0, 0.1) is 0 Å². The maximum Gasteiger partial charge on any atom is 0.287 e. The van der Waals surface area contributed by atoms with Gasteiger partial charge >= 0.3 is 0 Å². The molecular formula is C21H27N3O3. The fourth-order valence-electron chi connectivity index (χ4n) is 3.50. The van der Waals surface area contributed by atoms with E-state index in [1.807, 2.05) is 31.3 Å². The van der Waals surface area contributed by atoms with Crippen molar-refractivity contribution in [3.8, 4) is 0 Å². The van der Waals surface area contributed by atoms with Crippen molar-refractivity contribution in [3.63, 3.8) is 0 Å². The van der Waals surface area contributed by atoms with Crippen molar-refractivity contribution in [3.05, 3.63) is 54.0 Å². The first kappa shape index (κ1) is 19.0. The molecule has 2 heterocycles. The van der Waals surface area contributed by atoms with Gasteiger partial charge in [0.2, 0.25) is 0 Å². The molecule has 0 spiro atoms. The maximum atomic E-state index is 12.8. The summed E-state index contributed by atoms with van der Waals surface area (Å²) in [4.78, 5) is 28.9. The van der Waals surface area contributed by atoms with Gasteiger partial charge in [0.1, 0.15) is 0 Å². The maximum absolute atomic E-state index is 12.8. The predicted molar refractivity (Wildman–Crippen MR) is 105 cm³/mol. The fourth-order valence-corrected chi connectivity index (χ4v) is 3.50. The number of amides is 2. The third-order valence-electron chi connectivity index (χ3n) is 4.96. The topological polar surface area (TPSA) is 65.8 Å². The minimum atomic E-state index is -0.171. The van der Waals surface area contributed by atoms with Crippen molar-refractivity contribution in [1.29, 1.82) is 0 Å². The van der Waals surface area contributed by atoms with Crippen LogP contribution in [0.2, 0.25) is 0 Å². The van der Waals surface area contributed by atoms with Crippen LogP contribution in [-0.2, 0) is 0 Å². The Kier molecular flexibility index (Phi) is 6.16. The zero-order chi connectivity index (χ0) is 19.2. The van der Waals surface area contributed by atoms with Gasteiger partial charge in [-0.1, -0.05) is 19.1 Å². The Hall–Kier alpha value is -2.76. The Bertz CT molecular complexity index is 765. The number of anilines is 1. The molecule has 3 rings (SSSR count). The smallest absolute Gasteiger partial charge is 0.287 e. The number of nitrogens with one attached hydrogen (secondary N) is 1. The van der Waals surface area contributed by atoms with Crippen molar-refractivity contribution in [1.82, 2.24) is 10.2 Å². The molecule has 1 aliphatic heterocycles. The average Bonchev–Trinajstić information content (AvgIpc) is 3.23. The average molecular weight is 369 g/mol. The number of furan rings is 1. The SMILES string of the molecule is CCCN(C)C(=O)c1ccccc1N1CCC(NC(=O)c2ccco2)CC1. The van der Waals surface area contributed by atoms with Gasteiger partial charge < -0.3 is 19.5 Å². The minimum Gasteiger partial charge on any atom is -0.459 e. The zero-order valence-electron chi connectivity index (χ0n) is 16.0. The predicted octanol–water partition coefficient (Wildman–Crippen LogP) is 3.16. The van der Waals surface area contributed by atoms with Crippen molar-refractivity contribution in [2.45, 2.75) is 32.2 Å². The number of rotatable bonds is 6. The molecule has 1 saturated heterocycles. The van der Waals surface area contributed by atoms with E-state index in [0.717, 1.165) is 50.1 Å². The summed E-state index contributed by atoms with van der Waals surface area (Å²) in [6.45, 7) is 4.40. The number of piperidine rings is 1. The molecule has 27 heavy (non-hydrogen) atoms. The third-order valence-corrected chi connectivity index (χ3v) is 4.96. The minimum absolute atomic E-state index is 0.0562. The molecule has 1 fully saturated rings. The van der Waals surface area contributed by atoms with Crippen LogP contribution >= 0.6 is 0 Å². The molecule has 0 aliphatic carbocycles. The monoisotopic (exact) mass is 369 g/mol.